The molecule has 3 rings (SSSR count). The SMILES string of the molecule is CCOC(=O)C(C[C@H]1CN(Cc2ccccc2)c2cc([N+](=O)[O-])ccc2O1)C(=O)OCC. The summed E-state index contributed by atoms with van der Waals surface area (Å²) in [5.74, 6) is -1.97. The topological polar surface area (TPSA) is 108 Å². The van der Waals surface area contributed by atoms with Crippen LogP contribution >= 0.6 is 0 Å². The number of nitro benzene ring substituents is 1. The molecule has 9 heteroatoms. The molecule has 0 saturated carbocycles. The van der Waals surface area contributed by atoms with Crippen LogP contribution in [0, 0.1) is 16.0 Å². The molecule has 1 atom stereocenters. The van der Waals surface area contributed by atoms with E-state index >= 15 is 0 Å². The number of hydrogen-bond acceptors (Lipinski definition) is 8. The van der Waals surface area contributed by atoms with Crippen molar-refractivity contribution in [3.05, 3.63) is 64.2 Å². The van der Waals surface area contributed by atoms with Crippen LogP contribution in [0.15, 0.2) is 48.5 Å². The number of nitro groups is 1. The fourth-order valence-electron chi connectivity index (χ4n) is 3.64. The first-order valence-electron chi connectivity index (χ1n) is 10.5. The Morgan fingerprint density at radius 2 is 1.78 bits per heavy atom. The quantitative estimate of drug-likeness (QED) is 0.251. The minimum atomic E-state index is -1.11. The van der Waals surface area contributed by atoms with Crippen molar-refractivity contribution < 1.29 is 28.7 Å². The largest absolute Gasteiger partial charge is 0.486 e. The summed E-state index contributed by atoms with van der Waals surface area (Å²) in [5.41, 5.74) is 1.56. The molecule has 1 aliphatic rings. The van der Waals surface area contributed by atoms with Gasteiger partial charge in [-0.1, -0.05) is 30.3 Å². The molecule has 170 valence electrons. The molecular weight excluding hydrogens is 416 g/mol. The second-order valence-corrected chi connectivity index (χ2v) is 7.31. The molecule has 0 aromatic heterocycles. The van der Waals surface area contributed by atoms with Gasteiger partial charge in [0, 0.05) is 25.1 Å². The summed E-state index contributed by atoms with van der Waals surface area (Å²) in [6, 6.07) is 14.1. The Kier molecular flexibility index (Phi) is 7.64. The molecule has 0 aliphatic carbocycles. The monoisotopic (exact) mass is 442 g/mol. The van der Waals surface area contributed by atoms with Crippen LogP contribution < -0.4 is 9.64 Å². The van der Waals surface area contributed by atoms with E-state index < -0.39 is 28.9 Å². The van der Waals surface area contributed by atoms with Gasteiger partial charge in [0.05, 0.1) is 30.4 Å². The predicted octanol–water partition coefficient (Wildman–Crippen LogP) is 3.49. The lowest BCUT2D eigenvalue weighted by Gasteiger charge is -2.37. The number of anilines is 1. The number of non-ortho nitro benzene ring substituents is 1. The number of ether oxygens (including phenoxy) is 3. The van der Waals surface area contributed by atoms with Gasteiger partial charge in [0.2, 0.25) is 0 Å². The Morgan fingerprint density at radius 3 is 2.38 bits per heavy atom. The molecule has 0 amide bonds. The van der Waals surface area contributed by atoms with Gasteiger partial charge in [0.1, 0.15) is 11.9 Å². The van der Waals surface area contributed by atoms with E-state index in [0.717, 1.165) is 5.56 Å². The zero-order chi connectivity index (χ0) is 23.1. The maximum atomic E-state index is 12.4. The number of esters is 2. The Morgan fingerprint density at radius 1 is 1.12 bits per heavy atom. The number of rotatable bonds is 9. The van der Waals surface area contributed by atoms with E-state index in [4.69, 9.17) is 14.2 Å². The fraction of sp³-hybridized carbons (Fsp3) is 0.391. The normalized spacial score (nSPS) is 15.0. The summed E-state index contributed by atoms with van der Waals surface area (Å²) in [6.45, 7) is 4.44. The van der Waals surface area contributed by atoms with Crippen LogP contribution in [0.3, 0.4) is 0 Å². The summed E-state index contributed by atoms with van der Waals surface area (Å²) in [4.78, 5) is 37.6. The number of carbonyl (C=O) groups excluding carboxylic acids is 2. The average Bonchev–Trinajstić information content (AvgIpc) is 2.78. The molecule has 2 aromatic carbocycles. The van der Waals surface area contributed by atoms with Gasteiger partial charge in [-0.05, 0) is 25.5 Å². The van der Waals surface area contributed by atoms with Crippen LogP contribution in [0.2, 0.25) is 0 Å². The van der Waals surface area contributed by atoms with E-state index in [-0.39, 0.29) is 25.3 Å². The third-order valence-electron chi connectivity index (χ3n) is 5.07. The molecule has 32 heavy (non-hydrogen) atoms. The van der Waals surface area contributed by atoms with Crippen molar-refractivity contribution in [2.24, 2.45) is 5.92 Å². The van der Waals surface area contributed by atoms with Gasteiger partial charge in [-0.15, -0.1) is 0 Å². The Labute approximate surface area is 186 Å². The third-order valence-corrected chi connectivity index (χ3v) is 5.07. The number of fused-ring (bicyclic) bond motifs is 1. The zero-order valence-electron chi connectivity index (χ0n) is 18.1. The molecule has 0 radical (unpaired) electrons. The lowest BCUT2D eigenvalue weighted by molar-refractivity contribution is -0.384. The molecule has 0 bridgehead atoms. The van der Waals surface area contributed by atoms with E-state index in [0.29, 0.717) is 24.5 Å². The van der Waals surface area contributed by atoms with Crippen LogP contribution in [-0.2, 0) is 25.6 Å². The standard InChI is InChI=1S/C23H26N2O7/c1-3-30-22(26)19(23(27)31-4-2)13-18-15-24(14-16-8-6-5-7-9-16)20-12-17(25(28)29)10-11-21(20)32-18/h5-12,18-19H,3-4,13-15H2,1-2H3/t18-/m0/s1. The molecular formula is C23H26N2O7. The van der Waals surface area contributed by atoms with Crippen molar-refractivity contribution >= 4 is 23.3 Å². The molecule has 1 heterocycles. The summed E-state index contributed by atoms with van der Waals surface area (Å²) in [7, 11) is 0. The van der Waals surface area contributed by atoms with Crippen LogP contribution in [0.1, 0.15) is 25.8 Å². The average molecular weight is 442 g/mol. The molecule has 0 unspecified atom stereocenters. The van der Waals surface area contributed by atoms with Crippen molar-refractivity contribution in [2.75, 3.05) is 24.7 Å². The lowest BCUT2D eigenvalue weighted by Crippen LogP contribution is -2.43. The van der Waals surface area contributed by atoms with E-state index in [1.165, 1.54) is 12.1 Å². The van der Waals surface area contributed by atoms with Gasteiger partial charge in [-0.2, -0.15) is 0 Å². The van der Waals surface area contributed by atoms with E-state index in [1.54, 1.807) is 19.9 Å². The van der Waals surface area contributed by atoms with Gasteiger partial charge < -0.3 is 19.1 Å². The molecule has 0 fully saturated rings. The maximum Gasteiger partial charge on any atom is 0.320 e. The van der Waals surface area contributed by atoms with E-state index in [9.17, 15) is 19.7 Å². The summed E-state index contributed by atoms with van der Waals surface area (Å²) < 4.78 is 16.2. The van der Waals surface area contributed by atoms with Crippen LogP contribution in [0.5, 0.6) is 5.75 Å². The van der Waals surface area contributed by atoms with Crippen molar-refractivity contribution in [3.8, 4) is 5.75 Å². The van der Waals surface area contributed by atoms with Crippen LogP contribution in [0.25, 0.3) is 0 Å². The highest BCUT2D eigenvalue weighted by molar-refractivity contribution is 5.95. The molecule has 1 aliphatic heterocycles. The lowest BCUT2D eigenvalue weighted by atomic mass is 9.99. The minimum absolute atomic E-state index is 0.0419. The first-order chi connectivity index (χ1) is 15.4. The Hall–Kier alpha value is -3.62. The fourth-order valence-corrected chi connectivity index (χ4v) is 3.64. The van der Waals surface area contributed by atoms with Gasteiger partial charge in [-0.3, -0.25) is 19.7 Å². The first-order valence-corrected chi connectivity index (χ1v) is 10.5. The molecule has 0 N–H and O–H groups in total. The highest BCUT2D eigenvalue weighted by Crippen LogP contribution is 2.38. The van der Waals surface area contributed by atoms with Crippen molar-refractivity contribution in [1.82, 2.24) is 0 Å². The third kappa shape index (κ3) is 5.54. The van der Waals surface area contributed by atoms with E-state index in [1.807, 2.05) is 35.2 Å². The first kappa shape index (κ1) is 23.1. The van der Waals surface area contributed by atoms with Gasteiger partial charge in [-0.25, -0.2) is 0 Å². The van der Waals surface area contributed by atoms with Crippen molar-refractivity contribution in [2.45, 2.75) is 32.9 Å². The molecule has 0 saturated heterocycles. The smallest absolute Gasteiger partial charge is 0.320 e. The summed E-state index contributed by atoms with van der Waals surface area (Å²) >= 11 is 0. The highest BCUT2D eigenvalue weighted by atomic mass is 16.6. The second kappa shape index (κ2) is 10.6. The minimum Gasteiger partial charge on any atom is -0.486 e. The number of benzene rings is 2. The Balaban J connectivity index is 1.88. The molecule has 0 spiro atoms. The van der Waals surface area contributed by atoms with Gasteiger partial charge >= 0.3 is 11.9 Å². The zero-order valence-corrected chi connectivity index (χ0v) is 18.1. The summed E-state index contributed by atoms with van der Waals surface area (Å²) in [6.07, 6.45) is -0.453. The number of carbonyl (C=O) groups is 2. The summed E-state index contributed by atoms with van der Waals surface area (Å²) in [5, 5.41) is 11.3. The van der Waals surface area contributed by atoms with Crippen LogP contribution in [0.4, 0.5) is 11.4 Å². The number of nitrogens with zero attached hydrogens (tertiary/aromatic N) is 2. The van der Waals surface area contributed by atoms with Crippen molar-refractivity contribution in [1.29, 1.82) is 0 Å². The van der Waals surface area contributed by atoms with Gasteiger partial charge in [0.25, 0.3) is 5.69 Å². The van der Waals surface area contributed by atoms with Crippen LogP contribution in [-0.4, -0.2) is 42.7 Å². The molecule has 9 nitrogen and oxygen atoms in total. The second-order valence-electron chi connectivity index (χ2n) is 7.31. The Bertz CT molecular complexity index is 946. The van der Waals surface area contributed by atoms with Crippen molar-refractivity contribution in [3.63, 3.8) is 0 Å². The van der Waals surface area contributed by atoms with Gasteiger partial charge in [0.15, 0.2) is 5.92 Å². The predicted molar refractivity (Wildman–Crippen MR) is 116 cm³/mol. The number of hydrogen-bond donors (Lipinski definition) is 0. The highest BCUT2D eigenvalue weighted by Gasteiger charge is 2.36. The van der Waals surface area contributed by atoms with E-state index in [2.05, 4.69) is 0 Å². The molecule has 2 aromatic rings. The maximum absolute atomic E-state index is 12.4.